The molecule has 3 atom stereocenters. The van der Waals surface area contributed by atoms with Gasteiger partial charge in [0.1, 0.15) is 0 Å². The van der Waals surface area contributed by atoms with E-state index in [1.165, 1.54) is 12.8 Å². The first-order valence-electron chi connectivity index (χ1n) is 6.36. The molecule has 0 aromatic heterocycles. The Morgan fingerprint density at radius 3 is 2.88 bits per heavy atom. The minimum atomic E-state index is 0.222. The summed E-state index contributed by atoms with van der Waals surface area (Å²) in [6.45, 7) is 3.76. The molecule has 2 N–H and O–H groups in total. The molecule has 2 aliphatic heterocycles. The summed E-state index contributed by atoms with van der Waals surface area (Å²) >= 11 is 1.83. The van der Waals surface area contributed by atoms with Gasteiger partial charge in [0.2, 0.25) is 5.91 Å². The highest BCUT2D eigenvalue weighted by Crippen LogP contribution is 2.31. The molecular formula is C12H22N2OS. The molecule has 2 fully saturated rings. The van der Waals surface area contributed by atoms with Crippen molar-refractivity contribution in [2.75, 3.05) is 18.8 Å². The number of hydrogen-bond donors (Lipinski definition) is 1. The van der Waals surface area contributed by atoms with Gasteiger partial charge in [-0.3, -0.25) is 4.79 Å². The fourth-order valence-corrected chi connectivity index (χ4v) is 4.07. The van der Waals surface area contributed by atoms with Gasteiger partial charge >= 0.3 is 0 Å². The molecule has 2 heterocycles. The van der Waals surface area contributed by atoms with E-state index in [0.29, 0.717) is 18.4 Å². The topological polar surface area (TPSA) is 46.3 Å². The third-order valence-electron chi connectivity index (χ3n) is 3.85. The molecule has 3 unspecified atom stereocenters. The Kier molecular flexibility index (Phi) is 4.14. The molecule has 0 aromatic carbocycles. The lowest BCUT2D eigenvalue weighted by Gasteiger charge is -2.40. The highest BCUT2D eigenvalue weighted by molar-refractivity contribution is 8.00. The van der Waals surface area contributed by atoms with Gasteiger partial charge in [0.05, 0.1) is 5.25 Å². The molecule has 3 nitrogen and oxygen atoms in total. The quantitative estimate of drug-likeness (QED) is 0.797. The molecule has 0 bridgehead atoms. The predicted molar refractivity (Wildman–Crippen MR) is 68.4 cm³/mol. The van der Waals surface area contributed by atoms with Crippen LogP contribution in [-0.4, -0.2) is 40.9 Å². The van der Waals surface area contributed by atoms with Crippen LogP contribution in [0.25, 0.3) is 0 Å². The smallest absolute Gasteiger partial charge is 0.235 e. The molecular weight excluding hydrogens is 220 g/mol. The van der Waals surface area contributed by atoms with Crippen LogP contribution < -0.4 is 5.73 Å². The average molecular weight is 242 g/mol. The zero-order chi connectivity index (χ0) is 11.5. The van der Waals surface area contributed by atoms with E-state index in [1.54, 1.807) is 0 Å². The van der Waals surface area contributed by atoms with Crippen LogP contribution in [0.15, 0.2) is 0 Å². The minimum Gasteiger partial charge on any atom is -0.337 e. The molecule has 0 aliphatic carbocycles. The molecule has 0 spiro atoms. The van der Waals surface area contributed by atoms with Crippen molar-refractivity contribution in [2.24, 2.45) is 11.7 Å². The molecule has 16 heavy (non-hydrogen) atoms. The van der Waals surface area contributed by atoms with Gasteiger partial charge < -0.3 is 10.6 Å². The van der Waals surface area contributed by atoms with Crippen molar-refractivity contribution in [3.05, 3.63) is 0 Å². The summed E-state index contributed by atoms with van der Waals surface area (Å²) in [6.07, 6.45) is 4.60. The highest BCUT2D eigenvalue weighted by atomic mass is 32.2. The summed E-state index contributed by atoms with van der Waals surface area (Å²) in [5, 5.41) is 0.222. The van der Waals surface area contributed by atoms with Crippen LogP contribution in [0.1, 0.15) is 32.6 Å². The first kappa shape index (κ1) is 12.2. The lowest BCUT2D eigenvalue weighted by molar-refractivity contribution is -0.135. The van der Waals surface area contributed by atoms with Crippen LogP contribution >= 0.6 is 11.8 Å². The van der Waals surface area contributed by atoms with E-state index in [1.807, 2.05) is 11.8 Å². The molecule has 0 radical (unpaired) electrons. The van der Waals surface area contributed by atoms with Crippen molar-refractivity contribution in [3.8, 4) is 0 Å². The Bertz CT molecular complexity index is 253. The zero-order valence-corrected chi connectivity index (χ0v) is 10.8. The number of nitrogens with two attached hydrogens (primary N) is 1. The van der Waals surface area contributed by atoms with E-state index in [-0.39, 0.29) is 11.3 Å². The maximum atomic E-state index is 12.4. The summed E-state index contributed by atoms with van der Waals surface area (Å²) in [5.41, 5.74) is 5.82. The molecule has 92 valence electrons. The van der Waals surface area contributed by atoms with Gasteiger partial charge in [0.25, 0.3) is 0 Å². The second-order valence-electron chi connectivity index (χ2n) is 4.96. The van der Waals surface area contributed by atoms with Gasteiger partial charge in [-0.25, -0.2) is 0 Å². The van der Waals surface area contributed by atoms with Crippen LogP contribution in [0.2, 0.25) is 0 Å². The van der Waals surface area contributed by atoms with Crippen LogP contribution in [0.3, 0.4) is 0 Å². The second-order valence-corrected chi connectivity index (χ2v) is 6.27. The van der Waals surface area contributed by atoms with E-state index < -0.39 is 0 Å². The molecule has 0 aromatic rings. The highest BCUT2D eigenvalue weighted by Gasteiger charge is 2.35. The summed E-state index contributed by atoms with van der Waals surface area (Å²) in [7, 11) is 0. The van der Waals surface area contributed by atoms with Crippen molar-refractivity contribution in [1.29, 1.82) is 0 Å². The summed E-state index contributed by atoms with van der Waals surface area (Å²) in [5.74, 6) is 2.06. The largest absolute Gasteiger partial charge is 0.337 e. The Labute approximate surface area is 102 Å². The van der Waals surface area contributed by atoms with Crippen molar-refractivity contribution >= 4 is 17.7 Å². The van der Waals surface area contributed by atoms with E-state index in [4.69, 9.17) is 5.73 Å². The zero-order valence-electron chi connectivity index (χ0n) is 10.0. The van der Waals surface area contributed by atoms with Crippen LogP contribution in [0, 0.1) is 5.92 Å². The molecule has 2 aliphatic rings. The lowest BCUT2D eigenvalue weighted by Crippen LogP contribution is -2.53. The van der Waals surface area contributed by atoms with Crippen molar-refractivity contribution in [1.82, 2.24) is 4.90 Å². The number of carbonyl (C=O) groups excluding carboxylic acids is 1. The van der Waals surface area contributed by atoms with Gasteiger partial charge in [-0.2, -0.15) is 0 Å². The van der Waals surface area contributed by atoms with Crippen molar-refractivity contribution in [2.45, 2.75) is 43.9 Å². The number of nitrogens with zero attached hydrogens (tertiary/aromatic N) is 1. The molecule has 2 saturated heterocycles. The number of likely N-dealkylation sites (tertiary alicyclic amines) is 1. The monoisotopic (exact) mass is 242 g/mol. The Balaban J connectivity index is 2.02. The van der Waals surface area contributed by atoms with Crippen LogP contribution in [0.4, 0.5) is 0 Å². The van der Waals surface area contributed by atoms with Gasteiger partial charge in [-0.1, -0.05) is 6.92 Å². The van der Waals surface area contributed by atoms with E-state index in [2.05, 4.69) is 11.8 Å². The standard InChI is InChI=1S/C12H22N2OS/c1-9-4-2-6-14(10(9)8-13)12(15)11-5-3-7-16-11/h9-11H,2-8,13H2,1H3. The predicted octanol–water partition coefficient (Wildman–Crippen LogP) is 1.47. The first-order chi connectivity index (χ1) is 7.74. The number of thioether (sulfide) groups is 1. The van der Waals surface area contributed by atoms with Crippen molar-refractivity contribution in [3.63, 3.8) is 0 Å². The maximum Gasteiger partial charge on any atom is 0.235 e. The van der Waals surface area contributed by atoms with Crippen LogP contribution in [-0.2, 0) is 4.79 Å². The molecule has 1 amide bonds. The van der Waals surface area contributed by atoms with E-state index in [9.17, 15) is 4.79 Å². The third-order valence-corrected chi connectivity index (χ3v) is 5.21. The summed E-state index contributed by atoms with van der Waals surface area (Å²) in [4.78, 5) is 14.4. The maximum absolute atomic E-state index is 12.4. The number of amides is 1. The van der Waals surface area contributed by atoms with Gasteiger partial charge in [0, 0.05) is 19.1 Å². The fourth-order valence-electron chi connectivity index (χ4n) is 2.84. The van der Waals surface area contributed by atoms with Crippen molar-refractivity contribution < 1.29 is 4.79 Å². The summed E-state index contributed by atoms with van der Waals surface area (Å²) < 4.78 is 0. The SMILES string of the molecule is CC1CCCN(C(=O)C2CCCS2)C1CN. The van der Waals surface area contributed by atoms with Crippen LogP contribution in [0.5, 0.6) is 0 Å². The number of carbonyl (C=O) groups is 1. The van der Waals surface area contributed by atoms with E-state index >= 15 is 0 Å². The van der Waals surface area contributed by atoms with E-state index in [0.717, 1.165) is 25.1 Å². The number of hydrogen-bond acceptors (Lipinski definition) is 3. The fraction of sp³-hybridized carbons (Fsp3) is 0.917. The lowest BCUT2D eigenvalue weighted by atomic mass is 9.90. The Morgan fingerprint density at radius 1 is 1.44 bits per heavy atom. The first-order valence-corrected chi connectivity index (χ1v) is 7.41. The molecule has 2 rings (SSSR count). The Morgan fingerprint density at radius 2 is 2.25 bits per heavy atom. The molecule has 4 heteroatoms. The van der Waals surface area contributed by atoms with Gasteiger partial charge in [0.15, 0.2) is 0 Å². The van der Waals surface area contributed by atoms with Gasteiger partial charge in [-0.15, -0.1) is 11.8 Å². The normalized spacial score (nSPS) is 35.4. The number of piperidine rings is 1. The average Bonchev–Trinajstić information content (AvgIpc) is 2.81. The minimum absolute atomic E-state index is 0.222. The second kappa shape index (κ2) is 5.41. The van der Waals surface area contributed by atoms with Gasteiger partial charge in [-0.05, 0) is 37.4 Å². The number of rotatable bonds is 2. The summed E-state index contributed by atoms with van der Waals surface area (Å²) in [6, 6.07) is 0.280. The Hall–Kier alpha value is -0.220. The molecule has 0 saturated carbocycles. The third kappa shape index (κ3) is 2.38.